The Morgan fingerprint density at radius 2 is 2.20 bits per heavy atom. The number of thiophene rings is 1. The van der Waals surface area contributed by atoms with E-state index in [9.17, 15) is 0 Å². The van der Waals surface area contributed by atoms with Crippen LogP contribution in [0.5, 0.6) is 0 Å². The van der Waals surface area contributed by atoms with Crippen LogP contribution < -0.4 is 11.1 Å². The van der Waals surface area contributed by atoms with E-state index in [-0.39, 0.29) is 5.41 Å². The average Bonchev–Trinajstić information content (AvgIpc) is 2.91. The van der Waals surface area contributed by atoms with Crippen LogP contribution in [0.2, 0.25) is 0 Å². The summed E-state index contributed by atoms with van der Waals surface area (Å²) >= 11 is 1.76. The molecule has 0 fully saturated rings. The van der Waals surface area contributed by atoms with Gasteiger partial charge in [0.2, 0.25) is 0 Å². The van der Waals surface area contributed by atoms with E-state index in [1.54, 1.807) is 24.5 Å². The highest BCUT2D eigenvalue weighted by Gasteiger charge is 2.21. The number of hydrogen-bond donors (Lipinski definition) is 2. The minimum Gasteiger partial charge on any atom is -0.384 e. The molecule has 5 nitrogen and oxygen atoms in total. The van der Waals surface area contributed by atoms with Gasteiger partial charge in [-0.1, -0.05) is 19.9 Å². The van der Waals surface area contributed by atoms with Gasteiger partial charge in [0.1, 0.15) is 18.2 Å². The molecule has 6 heteroatoms. The van der Waals surface area contributed by atoms with Crippen molar-refractivity contribution in [2.75, 3.05) is 24.7 Å². The maximum atomic E-state index is 5.78. The molecular weight excluding hydrogens is 272 g/mol. The van der Waals surface area contributed by atoms with Gasteiger partial charge < -0.3 is 15.8 Å². The second kappa shape index (κ2) is 6.19. The highest BCUT2D eigenvalue weighted by molar-refractivity contribution is 7.10. The molecule has 0 aliphatic rings. The molecule has 0 aliphatic heterocycles. The quantitative estimate of drug-likeness (QED) is 0.856. The number of aromatic nitrogens is 2. The van der Waals surface area contributed by atoms with Crippen LogP contribution in [0.4, 0.5) is 11.6 Å². The third-order valence-corrected chi connectivity index (χ3v) is 4.20. The Morgan fingerprint density at radius 1 is 1.40 bits per heavy atom. The summed E-state index contributed by atoms with van der Waals surface area (Å²) in [6.07, 6.45) is 0. The van der Waals surface area contributed by atoms with E-state index in [0.29, 0.717) is 18.2 Å². The molecule has 0 aliphatic carbocycles. The van der Waals surface area contributed by atoms with Crippen molar-refractivity contribution >= 4 is 23.0 Å². The van der Waals surface area contributed by atoms with Crippen molar-refractivity contribution in [3.8, 4) is 0 Å². The van der Waals surface area contributed by atoms with Gasteiger partial charge in [0.15, 0.2) is 5.82 Å². The fraction of sp³-hybridized carbons (Fsp3) is 0.429. The predicted molar refractivity (Wildman–Crippen MR) is 83.0 cm³/mol. The molecule has 0 aromatic carbocycles. The van der Waals surface area contributed by atoms with Gasteiger partial charge in [-0.15, -0.1) is 11.3 Å². The summed E-state index contributed by atoms with van der Waals surface area (Å²) in [5.74, 6) is 1.77. The van der Waals surface area contributed by atoms with E-state index < -0.39 is 0 Å². The number of nitrogens with two attached hydrogens (primary N) is 1. The molecule has 0 amide bonds. The van der Waals surface area contributed by atoms with E-state index in [0.717, 1.165) is 12.4 Å². The van der Waals surface area contributed by atoms with Crippen molar-refractivity contribution in [3.05, 3.63) is 34.3 Å². The molecule has 0 atom stereocenters. The lowest BCUT2D eigenvalue weighted by Crippen LogP contribution is -2.27. The van der Waals surface area contributed by atoms with Crippen molar-refractivity contribution in [1.82, 2.24) is 9.97 Å². The van der Waals surface area contributed by atoms with Crippen molar-refractivity contribution in [2.45, 2.75) is 25.9 Å². The molecule has 0 unspecified atom stereocenters. The Bertz CT molecular complexity index is 554. The van der Waals surface area contributed by atoms with E-state index in [4.69, 9.17) is 10.5 Å². The first-order chi connectivity index (χ1) is 9.51. The molecule has 2 heterocycles. The van der Waals surface area contributed by atoms with Crippen molar-refractivity contribution in [2.24, 2.45) is 0 Å². The number of anilines is 2. The lowest BCUT2D eigenvalue weighted by Gasteiger charge is -2.24. The second-order valence-corrected chi connectivity index (χ2v) is 6.19. The molecular formula is C14H20N4OS. The van der Waals surface area contributed by atoms with Crippen LogP contribution in [-0.2, 0) is 16.8 Å². The third-order valence-electron chi connectivity index (χ3n) is 2.97. The number of methoxy groups -OCH3 is 1. The molecule has 108 valence electrons. The number of nitrogen functional groups attached to an aromatic ring is 1. The van der Waals surface area contributed by atoms with Gasteiger partial charge in [0, 0.05) is 30.0 Å². The van der Waals surface area contributed by atoms with Gasteiger partial charge in [-0.05, 0) is 11.4 Å². The Kier molecular flexibility index (Phi) is 4.57. The smallest absolute Gasteiger partial charge is 0.158 e. The molecule has 2 aromatic rings. The van der Waals surface area contributed by atoms with Crippen LogP contribution in [0.15, 0.2) is 23.6 Å². The number of ether oxygens (including phenoxy) is 1. The van der Waals surface area contributed by atoms with Crippen molar-refractivity contribution < 1.29 is 4.74 Å². The van der Waals surface area contributed by atoms with Gasteiger partial charge in [-0.25, -0.2) is 9.97 Å². The Morgan fingerprint density at radius 3 is 2.85 bits per heavy atom. The number of nitrogens with one attached hydrogen (secondary N) is 1. The number of nitrogens with zero attached hydrogens (tertiary/aromatic N) is 2. The third kappa shape index (κ3) is 3.68. The topological polar surface area (TPSA) is 73.1 Å². The normalized spacial score (nSPS) is 11.6. The van der Waals surface area contributed by atoms with Crippen LogP contribution in [0, 0.1) is 0 Å². The highest BCUT2D eigenvalue weighted by atomic mass is 32.1. The summed E-state index contributed by atoms with van der Waals surface area (Å²) in [6, 6.07) is 5.96. The zero-order valence-corrected chi connectivity index (χ0v) is 12.8. The Balaban J connectivity index is 2.07. The zero-order chi connectivity index (χ0) is 14.6. The summed E-state index contributed by atoms with van der Waals surface area (Å²) in [4.78, 5) is 9.84. The van der Waals surface area contributed by atoms with Crippen molar-refractivity contribution in [3.63, 3.8) is 0 Å². The van der Waals surface area contributed by atoms with E-state index >= 15 is 0 Å². The maximum Gasteiger partial charge on any atom is 0.158 e. The first-order valence-electron chi connectivity index (χ1n) is 6.41. The van der Waals surface area contributed by atoms with Crippen LogP contribution in [-0.4, -0.2) is 23.6 Å². The number of rotatable bonds is 6. The van der Waals surface area contributed by atoms with Gasteiger partial charge in [0.05, 0.1) is 0 Å². The van der Waals surface area contributed by atoms with Gasteiger partial charge in [-0.3, -0.25) is 0 Å². The standard InChI is InChI=1S/C14H20N4OS/c1-14(2,10-5-4-6-20-10)9-16-12-7-11(15)17-13(18-12)8-19-3/h4-7H,8-9H2,1-3H3,(H3,15,16,17,18). The minimum atomic E-state index is 0.0370. The molecule has 20 heavy (non-hydrogen) atoms. The fourth-order valence-corrected chi connectivity index (χ4v) is 2.72. The minimum absolute atomic E-state index is 0.0370. The molecule has 0 saturated carbocycles. The van der Waals surface area contributed by atoms with Crippen molar-refractivity contribution in [1.29, 1.82) is 0 Å². The summed E-state index contributed by atoms with van der Waals surface area (Å²) in [7, 11) is 1.61. The maximum absolute atomic E-state index is 5.78. The van der Waals surface area contributed by atoms with Gasteiger partial charge in [0.25, 0.3) is 0 Å². The summed E-state index contributed by atoms with van der Waals surface area (Å²) < 4.78 is 5.04. The molecule has 3 N–H and O–H groups in total. The van der Waals surface area contributed by atoms with Crippen LogP contribution in [0.1, 0.15) is 24.5 Å². The van der Waals surface area contributed by atoms with Crippen LogP contribution >= 0.6 is 11.3 Å². The zero-order valence-electron chi connectivity index (χ0n) is 12.0. The largest absolute Gasteiger partial charge is 0.384 e. The fourth-order valence-electron chi connectivity index (χ4n) is 1.86. The molecule has 2 rings (SSSR count). The van der Waals surface area contributed by atoms with Crippen LogP contribution in [0.3, 0.4) is 0 Å². The second-order valence-electron chi connectivity index (χ2n) is 5.24. The molecule has 0 radical (unpaired) electrons. The molecule has 0 saturated heterocycles. The Hall–Kier alpha value is -1.66. The first kappa shape index (κ1) is 14.7. The molecule has 0 spiro atoms. The van der Waals surface area contributed by atoms with Crippen LogP contribution in [0.25, 0.3) is 0 Å². The van der Waals surface area contributed by atoms with E-state index in [1.165, 1.54) is 4.88 Å². The average molecular weight is 292 g/mol. The summed E-state index contributed by atoms with van der Waals surface area (Å²) in [5.41, 5.74) is 5.82. The van der Waals surface area contributed by atoms with E-state index in [1.807, 2.05) is 0 Å². The lowest BCUT2D eigenvalue weighted by molar-refractivity contribution is 0.178. The Labute approximate surface area is 123 Å². The molecule has 0 bridgehead atoms. The monoisotopic (exact) mass is 292 g/mol. The SMILES string of the molecule is COCc1nc(N)cc(NCC(C)(C)c2cccs2)n1. The predicted octanol–water partition coefficient (Wildman–Crippen LogP) is 2.66. The van der Waals surface area contributed by atoms with E-state index in [2.05, 4.69) is 46.6 Å². The number of hydrogen-bond acceptors (Lipinski definition) is 6. The highest BCUT2D eigenvalue weighted by Crippen LogP contribution is 2.27. The summed E-state index contributed by atoms with van der Waals surface area (Å²) in [6.45, 7) is 5.53. The molecule has 2 aromatic heterocycles. The lowest BCUT2D eigenvalue weighted by atomic mass is 9.91. The summed E-state index contributed by atoms with van der Waals surface area (Å²) in [5, 5.41) is 5.43. The van der Waals surface area contributed by atoms with Gasteiger partial charge >= 0.3 is 0 Å². The van der Waals surface area contributed by atoms with Gasteiger partial charge in [-0.2, -0.15) is 0 Å². The first-order valence-corrected chi connectivity index (χ1v) is 7.29.